The molecule has 0 aliphatic carbocycles. The molecule has 5 heteroatoms. The molecule has 0 aliphatic heterocycles. The standard InChI is InChI=1S/C15H22N2O3/c1-4-5-11(3)17-14(18)9-20-15(19)13-7-6-12(16)8-10(13)2/h6-8,11H,4-5,9,16H2,1-3H3,(H,17,18). The van der Waals surface area contributed by atoms with Crippen molar-refractivity contribution in [3.63, 3.8) is 0 Å². The first-order valence-corrected chi connectivity index (χ1v) is 6.76. The highest BCUT2D eigenvalue weighted by atomic mass is 16.5. The van der Waals surface area contributed by atoms with E-state index < -0.39 is 5.97 Å². The Hall–Kier alpha value is -2.04. The Morgan fingerprint density at radius 1 is 1.40 bits per heavy atom. The van der Waals surface area contributed by atoms with Crippen LogP contribution in [0, 0.1) is 6.92 Å². The molecule has 0 radical (unpaired) electrons. The van der Waals surface area contributed by atoms with E-state index in [4.69, 9.17) is 10.5 Å². The molecular weight excluding hydrogens is 256 g/mol. The van der Waals surface area contributed by atoms with Crippen LogP contribution in [0.15, 0.2) is 18.2 Å². The van der Waals surface area contributed by atoms with E-state index in [-0.39, 0.29) is 18.6 Å². The van der Waals surface area contributed by atoms with Crippen LogP contribution in [0.3, 0.4) is 0 Å². The average Bonchev–Trinajstić information content (AvgIpc) is 2.36. The third-order valence-electron chi connectivity index (χ3n) is 2.93. The summed E-state index contributed by atoms with van der Waals surface area (Å²) in [5, 5.41) is 2.78. The number of rotatable bonds is 6. The molecule has 1 aromatic carbocycles. The quantitative estimate of drug-likeness (QED) is 0.616. The fraction of sp³-hybridized carbons (Fsp3) is 0.467. The first-order chi connectivity index (χ1) is 9.43. The maximum atomic E-state index is 11.8. The lowest BCUT2D eigenvalue weighted by atomic mass is 10.1. The Kier molecular flexibility index (Phi) is 6.03. The maximum absolute atomic E-state index is 11.8. The number of benzene rings is 1. The van der Waals surface area contributed by atoms with Crippen molar-refractivity contribution in [2.24, 2.45) is 0 Å². The van der Waals surface area contributed by atoms with E-state index in [9.17, 15) is 9.59 Å². The largest absolute Gasteiger partial charge is 0.452 e. The Labute approximate surface area is 119 Å². The number of hydrogen-bond donors (Lipinski definition) is 2. The molecule has 0 spiro atoms. The number of nitrogens with one attached hydrogen (secondary N) is 1. The van der Waals surface area contributed by atoms with Crippen LogP contribution >= 0.6 is 0 Å². The summed E-state index contributed by atoms with van der Waals surface area (Å²) in [6.07, 6.45) is 1.89. The van der Waals surface area contributed by atoms with Crippen LogP contribution in [0.2, 0.25) is 0 Å². The van der Waals surface area contributed by atoms with Gasteiger partial charge in [0, 0.05) is 11.7 Å². The van der Waals surface area contributed by atoms with Gasteiger partial charge in [0.1, 0.15) is 0 Å². The van der Waals surface area contributed by atoms with E-state index >= 15 is 0 Å². The van der Waals surface area contributed by atoms with E-state index in [1.807, 2.05) is 13.8 Å². The molecule has 0 aliphatic rings. The number of carbonyl (C=O) groups excluding carboxylic acids is 2. The number of ether oxygens (including phenoxy) is 1. The Bertz CT molecular complexity index is 486. The van der Waals surface area contributed by atoms with Crippen molar-refractivity contribution in [1.29, 1.82) is 0 Å². The van der Waals surface area contributed by atoms with E-state index in [1.54, 1.807) is 25.1 Å². The zero-order valence-corrected chi connectivity index (χ0v) is 12.2. The molecule has 0 bridgehead atoms. The van der Waals surface area contributed by atoms with Gasteiger partial charge < -0.3 is 15.8 Å². The lowest BCUT2D eigenvalue weighted by Crippen LogP contribution is -2.35. The third kappa shape index (κ3) is 4.91. The number of aryl methyl sites for hydroxylation is 1. The highest BCUT2D eigenvalue weighted by Gasteiger charge is 2.13. The zero-order chi connectivity index (χ0) is 15.1. The molecule has 1 aromatic rings. The number of nitrogen functional groups attached to an aromatic ring is 1. The third-order valence-corrected chi connectivity index (χ3v) is 2.93. The number of anilines is 1. The van der Waals surface area contributed by atoms with Gasteiger partial charge in [-0.15, -0.1) is 0 Å². The Balaban J connectivity index is 2.49. The van der Waals surface area contributed by atoms with Gasteiger partial charge in [-0.25, -0.2) is 4.79 Å². The average molecular weight is 278 g/mol. The first-order valence-electron chi connectivity index (χ1n) is 6.76. The Morgan fingerprint density at radius 3 is 2.70 bits per heavy atom. The van der Waals surface area contributed by atoms with Crippen molar-refractivity contribution in [3.05, 3.63) is 29.3 Å². The number of amides is 1. The highest BCUT2D eigenvalue weighted by Crippen LogP contribution is 2.13. The topological polar surface area (TPSA) is 81.4 Å². The normalized spacial score (nSPS) is 11.8. The van der Waals surface area contributed by atoms with E-state index in [0.717, 1.165) is 18.4 Å². The van der Waals surface area contributed by atoms with Gasteiger partial charge in [0.25, 0.3) is 5.91 Å². The van der Waals surface area contributed by atoms with Gasteiger partial charge in [-0.3, -0.25) is 4.79 Å². The van der Waals surface area contributed by atoms with Gasteiger partial charge in [-0.05, 0) is 44.0 Å². The van der Waals surface area contributed by atoms with Crippen LogP contribution in [0.5, 0.6) is 0 Å². The minimum absolute atomic E-state index is 0.0875. The van der Waals surface area contributed by atoms with Crippen LogP contribution in [-0.2, 0) is 9.53 Å². The van der Waals surface area contributed by atoms with E-state index in [2.05, 4.69) is 5.32 Å². The van der Waals surface area contributed by atoms with Crippen molar-refractivity contribution in [1.82, 2.24) is 5.32 Å². The van der Waals surface area contributed by atoms with Crippen LogP contribution in [0.1, 0.15) is 42.6 Å². The summed E-state index contributed by atoms with van der Waals surface area (Å²) in [4.78, 5) is 23.4. The zero-order valence-electron chi connectivity index (χ0n) is 12.2. The van der Waals surface area contributed by atoms with Crippen molar-refractivity contribution in [2.75, 3.05) is 12.3 Å². The number of hydrogen-bond acceptors (Lipinski definition) is 4. The first kappa shape index (κ1) is 16.0. The molecule has 1 rings (SSSR count). The lowest BCUT2D eigenvalue weighted by molar-refractivity contribution is -0.124. The monoisotopic (exact) mass is 278 g/mol. The second kappa shape index (κ2) is 7.53. The molecule has 0 saturated heterocycles. The minimum Gasteiger partial charge on any atom is -0.452 e. The molecule has 20 heavy (non-hydrogen) atoms. The van der Waals surface area contributed by atoms with Crippen molar-refractivity contribution in [3.8, 4) is 0 Å². The predicted octanol–water partition coefficient (Wildman–Crippen LogP) is 2.04. The van der Waals surface area contributed by atoms with Crippen LogP contribution in [-0.4, -0.2) is 24.5 Å². The number of carbonyl (C=O) groups is 2. The van der Waals surface area contributed by atoms with E-state index in [0.29, 0.717) is 11.3 Å². The Morgan fingerprint density at radius 2 is 2.10 bits per heavy atom. The number of nitrogens with two attached hydrogens (primary N) is 1. The van der Waals surface area contributed by atoms with Crippen LogP contribution < -0.4 is 11.1 Å². The summed E-state index contributed by atoms with van der Waals surface area (Å²) in [7, 11) is 0. The summed E-state index contributed by atoms with van der Waals surface area (Å²) in [5.74, 6) is -0.798. The molecule has 1 unspecified atom stereocenters. The molecule has 0 fully saturated rings. The van der Waals surface area contributed by atoms with Crippen molar-refractivity contribution < 1.29 is 14.3 Å². The number of esters is 1. The van der Waals surface area contributed by atoms with Gasteiger partial charge >= 0.3 is 5.97 Å². The van der Waals surface area contributed by atoms with Crippen LogP contribution in [0.4, 0.5) is 5.69 Å². The van der Waals surface area contributed by atoms with Gasteiger partial charge in [0.2, 0.25) is 0 Å². The SMILES string of the molecule is CCCC(C)NC(=O)COC(=O)c1ccc(N)cc1C. The van der Waals surface area contributed by atoms with Crippen LogP contribution in [0.25, 0.3) is 0 Å². The molecular formula is C15H22N2O3. The molecule has 1 atom stereocenters. The second-order valence-corrected chi connectivity index (χ2v) is 4.91. The summed E-state index contributed by atoms with van der Waals surface area (Å²) in [6.45, 7) is 5.48. The molecule has 0 saturated carbocycles. The lowest BCUT2D eigenvalue weighted by Gasteiger charge is -2.13. The van der Waals surface area contributed by atoms with Gasteiger partial charge in [-0.2, -0.15) is 0 Å². The summed E-state index contributed by atoms with van der Waals surface area (Å²) in [5.41, 5.74) is 7.36. The van der Waals surface area contributed by atoms with Crippen molar-refractivity contribution in [2.45, 2.75) is 39.7 Å². The van der Waals surface area contributed by atoms with Gasteiger partial charge in [0.05, 0.1) is 5.56 Å². The second-order valence-electron chi connectivity index (χ2n) is 4.91. The molecule has 1 amide bonds. The molecule has 0 aromatic heterocycles. The molecule has 5 nitrogen and oxygen atoms in total. The highest BCUT2D eigenvalue weighted by molar-refractivity contribution is 5.93. The molecule has 0 heterocycles. The summed E-state index contributed by atoms with van der Waals surface area (Å²) in [6, 6.07) is 5.02. The maximum Gasteiger partial charge on any atom is 0.338 e. The summed E-state index contributed by atoms with van der Waals surface area (Å²) >= 11 is 0. The van der Waals surface area contributed by atoms with Gasteiger partial charge in [0.15, 0.2) is 6.61 Å². The fourth-order valence-corrected chi connectivity index (χ4v) is 1.95. The van der Waals surface area contributed by atoms with Crippen molar-refractivity contribution >= 4 is 17.6 Å². The summed E-state index contributed by atoms with van der Waals surface area (Å²) < 4.78 is 5.00. The predicted molar refractivity (Wildman–Crippen MR) is 78.4 cm³/mol. The molecule has 110 valence electrons. The molecule has 3 N–H and O–H groups in total. The smallest absolute Gasteiger partial charge is 0.338 e. The fourth-order valence-electron chi connectivity index (χ4n) is 1.95. The van der Waals surface area contributed by atoms with E-state index in [1.165, 1.54) is 0 Å². The van der Waals surface area contributed by atoms with Gasteiger partial charge in [-0.1, -0.05) is 13.3 Å². The minimum atomic E-state index is -0.513.